The van der Waals surface area contributed by atoms with E-state index in [2.05, 4.69) is 33.1 Å². The summed E-state index contributed by atoms with van der Waals surface area (Å²) in [6, 6.07) is 10.5. The second-order valence-electron chi connectivity index (χ2n) is 8.07. The molecule has 1 heterocycles. The Morgan fingerprint density at radius 1 is 1.13 bits per heavy atom. The van der Waals surface area contributed by atoms with Crippen molar-refractivity contribution in [1.82, 2.24) is 15.6 Å². The third-order valence-electron chi connectivity index (χ3n) is 5.44. The largest absolute Gasteiger partial charge is 0.354 e. The Balaban J connectivity index is 1.33. The molecule has 3 rings (SSSR count). The zero-order chi connectivity index (χ0) is 21.2. The van der Waals surface area contributed by atoms with Gasteiger partial charge in [-0.3, -0.25) is 10.1 Å². The fraction of sp³-hybridized carbons (Fsp3) is 0.522. The number of carbonyl (C=O) groups excluding carboxylic acids is 2. The summed E-state index contributed by atoms with van der Waals surface area (Å²) in [6.07, 6.45) is 8.55. The van der Waals surface area contributed by atoms with Crippen molar-refractivity contribution in [3.05, 3.63) is 47.0 Å². The lowest BCUT2D eigenvalue weighted by Gasteiger charge is -2.22. The number of hydrogen-bond acceptors (Lipinski definition) is 4. The molecule has 1 fully saturated rings. The molecule has 1 aliphatic rings. The number of nitrogens with one attached hydrogen (secondary N) is 3. The third kappa shape index (κ3) is 7.78. The van der Waals surface area contributed by atoms with E-state index in [9.17, 15) is 9.59 Å². The highest BCUT2D eigenvalue weighted by atomic mass is 32.1. The van der Waals surface area contributed by atoms with Gasteiger partial charge in [0.05, 0.1) is 5.69 Å². The number of urea groups is 1. The minimum atomic E-state index is -0.187. The molecule has 0 aliphatic heterocycles. The van der Waals surface area contributed by atoms with Gasteiger partial charge in [-0.25, -0.2) is 9.78 Å². The molecule has 0 unspecified atom stereocenters. The Morgan fingerprint density at radius 2 is 1.90 bits per heavy atom. The van der Waals surface area contributed by atoms with Gasteiger partial charge in [-0.1, -0.05) is 49.6 Å². The third-order valence-corrected chi connectivity index (χ3v) is 6.24. The number of aromatic nitrogens is 1. The van der Waals surface area contributed by atoms with Crippen molar-refractivity contribution in [2.75, 3.05) is 5.32 Å². The van der Waals surface area contributed by atoms with Crippen molar-refractivity contribution < 1.29 is 9.59 Å². The van der Waals surface area contributed by atoms with Gasteiger partial charge in [0, 0.05) is 23.9 Å². The van der Waals surface area contributed by atoms with Crippen LogP contribution < -0.4 is 16.0 Å². The smallest absolute Gasteiger partial charge is 0.321 e. The summed E-state index contributed by atoms with van der Waals surface area (Å²) in [5.74, 6) is 0.0353. The monoisotopic (exact) mass is 428 g/mol. The van der Waals surface area contributed by atoms with Crippen LogP contribution in [0.2, 0.25) is 0 Å². The topological polar surface area (TPSA) is 83.1 Å². The summed E-state index contributed by atoms with van der Waals surface area (Å²) in [6.45, 7) is 2.04. The lowest BCUT2D eigenvalue weighted by atomic mass is 9.96. The molecule has 1 atom stereocenters. The summed E-state index contributed by atoms with van der Waals surface area (Å²) in [4.78, 5) is 28.8. The highest BCUT2D eigenvalue weighted by Gasteiger charge is 2.16. The SMILES string of the molecule is C[C@@H](CCc1ccccc1)NC(=O)CCc1csc(NC(=O)NC2CCCCC2)n1. The molecule has 6 nitrogen and oxygen atoms in total. The number of amides is 3. The Hall–Kier alpha value is -2.41. The molecule has 0 saturated heterocycles. The van der Waals surface area contributed by atoms with Crippen molar-refractivity contribution in [3.8, 4) is 0 Å². The van der Waals surface area contributed by atoms with Crippen LogP contribution in [-0.4, -0.2) is 29.0 Å². The summed E-state index contributed by atoms with van der Waals surface area (Å²) >= 11 is 1.40. The Labute approximate surface area is 182 Å². The zero-order valence-corrected chi connectivity index (χ0v) is 18.5. The summed E-state index contributed by atoms with van der Waals surface area (Å²) in [7, 11) is 0. The van der Waals surface area contributed by atoms with Crippen molar-refractivity contribution in [2.45, 2.75) is 76.8 Å². The Bertz CT molecular complexity index is 803. The van der Waals surface area contributed by atoms with Crippen LogP contribution >= 0.6 is 11.3 Å². The van der Waals surface area contributed by atoms with Gasteiger partial charge in [0.2, 0.25) is 5.91 Å². The second-order valence-corrected chi connectivity index (χ2v) is 8.93. The second kappa shape index (κ2) is 11.7. The molecule has 0 bridgehead atoms. The number of anilines is 1. The Kier molecular flexibility index (Phi) is 8.68. The maximum absolute atomic E-state index is 12.2. The molecule has 0 spiro atoms. The van der Waals surface area contributed by atoms with Crippen molar-refractivity contribution in [3.63, 3.8) is 0 Å². The van der Waals surface area contributed by atoms with Crippen molar-refractivity contribution >= 4 is 28.4 Å². The van der Waals surface area contributed by atoms with Crippen molar-refractivity contribution in [2.24, 2.45) is 0 Å². The van der Waals surface area contributed by atoms with E-state index in [0.29, 0.717) is 18.0 Å². The summed E-state index contributed by atoms with van der Waals surface area (Å²) < 4.78 is 0. The van der Waals surface area contributed by atoms with Crippen LogP contribution in [0, 0.1) is 0 Å². The number of rotatable bonds is 9. The highest BCUT2D eigenvalue weighted by molar-refractivity contribution is 7.13. The van der Waals surface area contributed by atoms with E-state index in [-0.39, 0.29) is 24.0 Å². The molecule has 0 radical (unpaired) electrons. The fourth-order valence-corrected chi connectivity index (χ4v) is 4.47. The van der Waals surface area contributed by atoms with Crippen LogP contribution in [0.5, 0.6) is 0 Å². The van der Waals surface area contributed by atoms with Crippen LogP contribution in [0.1, 0.15) is 63.1 Å². The lowest BCUT2D eigenvalue weighted by Crippen LogP contribution is -2.39. The minimum Gasteiger partial charge on any atom is -0.354 e. The molecule has 3 amide bonds. The molecular weight excluding hydrogens is 396 g/mol. The predicted octanol–water partition coefficient (Wildman–Crippen LogP) is 4.67. The first kappa shape index (κ1) is 22.3. The standard InChI is InChI=1S/C23H32N4O2S/c1-17(12-13-18-8-4-2-5-9-18)24-21(28)15-14-20-16-30-23(26-20)27-22(29)25-19-10-6-3-7-11-19/h2,4-5,8-9,16-17,19H,3,6-7,10-15H2,1H3,(H,24,28)(H2,25,26,27,29)/t17-/m0/s1. The van der Waals surface area contributed by atoms with Gasteiger partial charge in [-0.2, -0.15) is 0 Å². The maximum Gasteiger partial charge on any atom is 0.321 e. The van der Waals surface area contributed by atoms with Gasteiger partial charge in [0.15, 0.2) is 5.13 Å². The first-order valence-electron chi connectivity index (χ1n) is 10.9. The number of benzene rings is 1. The van der Waals surface area contributed by atoms with E-state index in [1.807, 2.05) is 30.5 Å². The highest BCUT2D eigenvalue weighted by Crippen LogP contribution is 2.19. The average Bonchev–Trinajstić information content (AvgIpc) is 3.19. The molecule has 2 aromatic rings. The number of aryl methyl sites for hydroxylation is 2. The molecule has 1 aliphatic carbocycles. The molecule has 30 heavy (non-hydrogen) atoms. The van der Waals surface area contributed by atoms with Crippen molar-refractivity contribution in [1.29, 1.82) is 0 Å². The van der Waals surface area contributed by atoms with Crippen LogP contribution in [-0.2, 0) is 17.6 Å². The zero-order valence-electron chi connectivity index (χ0n) is 17.7. The molecule has 3 N–H and O–H groups in total. The number of hydrogen-bond donors (Lipinski definition) is 3. The predicted molar refractivity (Wildman–Crippen MR) is 122 cm³/mol. The van der Waals surface area contributed by atoms with Crippen LogP contribution in [0.3, 0.4) is 0 Å². The number of nitrogens with zero attached hydrogens (tertiary/aromatic N) is 1. The Morgan fingerprint density at radius 3 is 2.67 bits per heavy atom. The van der Waals surface area contributed by atoms with Gasteiger partial charge in [-0.15, -0.1) is 11.3 Å². The van der Waals surface area contributed by atoms with Gasteiger partial charge in [0.1, 0.15) is 0 Å². The van der Waals surface area contributed by atoms with E-state index in [1.165, 1.54) is 36.2 Å². The van der Waals surface area contributed by atoms with Gasteiger partial charge in [0.25, 0.3) is 0 Å². The first-order valence-corrected chi connectivity index (χ1v) is 11.8. The van der Waals surface area contributed by atoms with Gasteiger partial charge >= 0.3 is 6.03 Å². The van der Waals surface area contributed by atoms with E-state index < -0.39 is 0 Å². The molecule has 1 aromatic heterocycles. The summed E-state index contributed by atoms with van der Waals surface area (Å²) in [5.41, 5.74) is 2.12. The van der Waals surface area contributed by atoms with Gasteiger partial charge < -0.3 is 10.6 Å². The summed E-state index contributed by atoms with van der Waals surface area (Å²) in [5, 5.41) is 11.4. The lowest BCUT2D eigenvalue weighted by molar-refractivity contribution is -0.121. The quantitative estimate of drug-likeness (QED) is 0.543. The number of thiazole rings is 1. The van der Waals surface area contributed by atoms with E-state index in [4.69, 9.17) is 0 Å². The van der Waals surface area contributed by atoms with Crippen LogP contribution in [0.25, 0.3) is 0 Å². The van der Waals surface area contributed by atoms with Crippen LogP contribution in [0.15, 0.2) is 35.7 Å². The molecule has 1 saturated carbocycles. The van der Waals surface area contributed by atoms with E-state index in [0.717, 1.165) is 31.4 Å². The number of carbonyl (C=O) groups is 2. The van der Waals surface area contributed by atoms with E-state index >= 15 is 0 Å². The normalized spacial score (nSPS) is 15.4. The first-order chi connectivity index (χ1) is 14.6. The fourth-order valence-electron chi connectivity index (χ4n) is 3.73. The molecular formula is C23H32N4O2S. The van der Waals surface area contributed by atoms with Crippen LogP contribution in [0.4, 0.5) is 9.93 Å². The average molecular weight is 429 g/mol. The van der Waals surface area contributed by atoms with E-state index in [1.54, 1.807) is 0 Å². The van der Waals surface area contributed by atoms with Gasteiger partial charge in [-0.05, 0) is 44.6 Å². The minimum absolute atomic E-state index is 0.0353. The molecule has 7 heteroatoms. The molecule has 1 aromatic carbocycles. The molecule has 162 valence electrons. The maximum atomic E-state index is 12.2.